The number of thiazole rings is 1. The summed E-state index contributed by atoms with van der Waals surface area (Å²) in [5, 5.41) is 25.0. The van der Waals surface area contributed by atoms with Gasteiger partial charge in [-0.15, -0.1) is 11.3 Å². The lowest BCUT2D eigenvalue weighted by Gasteiger charge is -2.10. The number of nitro benzene ring substituents is 1. The van der Waals surface area contributed by atoms with E-state index in [1.54, 1.807) is 11.4 Å². The average molecular weight is 484 g/mol. The highest BCUT2D eigenvalue weighted by atomic mass is 32.1. The SMILES string of the molecule is N#C/C(=C\Nc1ccc2c(C(F)(F)F)cc(=O)oc2c1)c1nc(-c2cccc([N+](=O)[O-])c2)cs1. The van der Waals surface area contributed by atoms with E-state index in [0.717, 1.165) is 17.4 Å². The zero-order chi connectivity index (χ0) is 24.5. The Morgan fingerprint density at radius 3 is 2.74 bits per heavy atom. The van der Waals surface area contributed by atoms with E-state index in [4.69, 9.17) is 4.42 Å². The largest absolute Gasteiger partial charge is 0.423 e. The first-order chi connectivity index (χ1) is 16.2. The highest BCUT2D eigenvalue weighted by Crippen LogP contribution is 2.34. The molecule has 0 aliphatic rings. The minimum atomic E-state index is -4.72. The number of benzene rings is 2. The van der Waals surface area contributed by atoms with Crippen LogP contribution in [0.25, 0.3) is 27.8 Å². The third-order valence-corrected chi connectivity index (χ3v) is 5.52. The first-order valence-electron chi connectivity index (χ1n) is 9.38. The van der Waals surface area contributed by atoms with Gasteiger partial charge in [-0.05, 0) is 12.1 Å². The Bertz CT molecular complexity index is 1550. The number of nitro groups is 1. The fourth-order valence-corrected chi connectivity index (χ4v) is 3.89. The molecule has 12 heteroatoms. The van der Waals surface area contributed by atoms with Gasteiger partial charge in [0.25, 0.3) is 5.69 Å². The summed E-state index contributed by atoms with van der Waals surface area (Å²) in [6, 6.07) is 12.0. The van der Waals surface area contributed by atoms with Crippen LogP contribution in [-0.4, -0.2) is 9.91 Å². The molecule has 0 saturated heterocycles. The molecule has 34 heavy (non-hydrogen) atoms. The first kappa shape index (κ1) is 22.7. The van der Waals surface area contributed by atoms with Crippen molar-refractivity contribution in [2.45, 2.75) is 6.18 Å². The number of nitrogens with one attached hydrogen (secondary N) is 1. The van der Waals surface area contributed by atoms with Crippen LogP contribution in [0.2, 0.25) is 0 Å². The maximum Gasteiger partial charge on any atom is 0.417 e. The molecule has 0 aliphatic carbocycles. The molecule has 8 nitrogen and oxygen atoms in total. The molecule has 4 rings (SSSR count). The van der Waals surface area contributed by atoms with Crippen molar-refractivity contribution in [1.29, 1.82) is 5.26 Å². The van der Waals surface area contributed by atoms with Crippen LogP contribution in [-0.2, 0) is 6.18 Å². The van der Waals surface area contributed by atoms with E-state index in [2.05, 4.69) is 10.3 Å². The molecule has 0 saturated carbocycles. The van der Waals surface area contributed by atoms with Gasteiger partial charge in [0.05, 0.1) is 16.2 Å². The third-order valence-electron chi connectivity index (χ3n) is 4.64. The first-order valence-corrected chi connectivity index (χ1v) is 10.3. The monoisotopic (exact) mass is 484 g/mol. The van der Waals surface area contributed by atoms with Gasteiger partial charge in [-0.1, -0.05) is 12.1 Å². The molecule has 0 atom stereocenters. The van der Waals surface area contributed by atoms with Crippen LogP contribution < -0.4 is 10.9 Å². The fraction of sp³-hybridized carbons (Fsp3) is 0.0455. The maximum atomic E-state index is 13.2. The van der Waals surface area contributed by atoms with Gasteiger partial charge >= 0.3 is 11.8 Å². The van der Waals surface area contributed by atoms with Gasteiger partial charge in [0.2, 0.25) is 0 Å². The fourth-order valence-electron chi connectivity index (χ4n) is 3.09. The van der Waals surface area contributed by atoms with Crippen LogP contribution in [0, 0.1) is 21.4 Å². The van der Waals surface area contributed by atoms with Gasteiger partial charge in [0, 0.05) is 52.5 Å². The number of nitriles is 1. The highest BCUT2D eigenvalue weighted by Gasteiger charge is 2.33. The molecular formula is C22H11F3N4O4S. The van der Waals surface area contributed by atoms with Crippen molar-refractivity contribution in [2.75, 3.05) is 5.32 Å². The third kappa shape index (κ3) is 4.64. The predicted molar refractivity (Wildman–Crippen MR) is 119 cm³/mol. The van der Waals surface area contributed by atoms with Crippen LogP contribution in [0.5, 0.6) is 0 Å². The van der Waals surface area contributed by atoms with E-state index in [1.807, 2.05) is 6.07 Å². The van der Waals surface area contributed by atoms with E-state index in [-0.39, 0.29) is 27.9 Å². The van der Waals surface area contributed by atoms with Gasteiger partial charge in [-0.25, -0.2) is 9.78 Å². The Labute approximate surface area is 192 Å². The molecule has 2 aromatic carbocycles. The van der Waals surface area contributed by atoms with Gasteiger partial charge < -0.3 is 9.73 Å². The zero-order valence-corrected chi connectivity index (χ0v) is 17.6. The molecule has 0 bridgehead atoms. The second-order valence-electron chi connectivity index (χ2n) is 6.85. The number of alkyl halides is 3. The molecule has 0 spiro atoms. The molecule has 0 unspecified atom stereocenters. The molecule has 170 valence electrons. The summed E-state index contributed by atoms with van der Waals surface area (Å²) >= 11 is 1.14. The summed E-state index contributed by atoms with van der Waals surface area (Å²) in [7, 11) is 0. The minimum absolute atomic E-state index is 0.0959. The van der Waals surface area contributed by atoms with Gasteiger partial charge in [-0.2, -0.15) is 18.4 Å². The topological polar surface area (TPSA) is 122 Å². The molecule has 0 amide bonds. The number of fused-ring (bicyclic) bond motifs is 1. The van der Waals surface area contributed by atoms with Crippen molar-refractivity contribution in [3.63, 3.8) is 0 Å². The van der Waals surface area contributed by atoms with E-state index < -0.39 is 22.3 Å². The highest BCUT2D eigenvalue weighted by molar-refractivity contribution is 7.11. The quantitative estimate of drug-likeness (QED) is 0.164. The summed E-state index contributed by atoms with van der Waals surface area (Å²) < 4.78 is 44.5. The van der Waals surface area contributed by atoms with Crippen molar-refractivity contribution in [2.24, 2.45) is 0 Å². The Morgan fingerprint density at radius 2 is 2.03 bits per heavy atom. The molecule has 4 aromatic rings. The van der Waals surface area contributed by atoms with E-state index >= 15 is 0 Å². The number of non-ortho nitro benzene ring substituents is 1. The standard InChI is InChI=1S/C22H11F3N4O4S/c23-22(24,25)17-8-20(30)33-19-7-14(4-5-16(17)19)27-10-13(9-26)21-28-18(11-34-21)12-2-1-3-15(6-12)29(31)32/h1-8,10-11,27H/b13-10+. The number of allylic oxidation sites excluding steroid dienone is 1. The second kappa shape index (κ2) is 8.80. The predicted octanol–water partition coefficient (Wildman–Crippen LogP) is 5.82. The molecule has 0 radical (unpaired) electrons. The number of nitrogens with zero attached hydrogens (tertiary/aromatic N) is 3. The Kier molecular flexibility index (Phi) is 5.87. The number of halogens is 3. The van der Waals surface area contributed by atoms with Gasteiger partial charge in [0.15, 0.2) is 0 Å². The second-order valence-corrected chi connectivity index (χ2v) is 7.71. The Balaban J connectivity index is 1.62. The number of anilines is 1. The lowest BCUT2D eigenvalue weighted by Crippen LogP contribution is -2.11. The summed E-state index contributed by atoms with van der Waals surface area (Å²) in [5.41, 5.74) is -1.26. The van der Waals surface area contributed by atoms with Crippen LogP contribution in [0.1, 0.15) is 10.6 Å². The number of rotatable bonds is 5. The summed E-state index contributed by atoms with van der Waals surface area (Å²) in [5.74, 6) is 0. The lowest BCUT2D eigenvalue weighted by atomic mass is 10.1. The normalized spacial score (nSPS) is 11.9. The number of hydrogen-bond donors (Lipinski definition) is 1. The Hall–Kier alpha value is -4.50. The zero-order valence-electron chi connectivity index (χ0n) is 16.8. The van der Waals surface area contributed by atoms with Crippen LogP contribution in [0.3, 0.4) is 0 Å². The summed E-state index contributed by atoms with van der Waals surface area (Å²) in [4.78, 5) is 26.4. The molecule has 2 aromatic heterocycles. The van der Waals surface area contributed by atoms with E-state index in [9.17, 15) is 33.3 Å². The van der Waals surface area contributed by atoms with Crippen molar-refractivity contribution in [3.8, 4) is 17.3 Å². The van der Waals surface area contributed by atoms with E-state index in [0.29, 0.717) is 22.3 Å². The molecule has 0 aliphatic heterocycles. The van der Waals surface area contributed by atoms with Crippen LogP contribution in [0.15, 0.2) is 69.3 Å². The van der Waals surface area contributed by atoms with Crippen molar-refractivity contribution in [3.05, 3.63) is 91.2 Å². The maximum absolute atomic E-state index is 13.2. The van der Waals surface area contributed by atoms with E-state index in [1.165, 1.54) is 36.5 Å². The lowest BCUT2D eigenvalue weighted by molar-refractivity contribution is -0.384. The van der Waals surface area contributed by atoms with Crippen LogP contribution in [0.4, 0.5) is 24.5 Å². The smallest absolute Gasteiger partial charge is 0.417 e. The molecular weight excluding hydrogens is 473 g/mol. The molecule has 2 heterocycles. The molecule has 1 N–H and O–H groups in total. The van der Waals surface area contributed by atoms with Crippen molar-refractivity contribution >= 4 is 39.3 Å². The number of hydrogen-bond acceptors (Lipinski definition) is 8. The minimum Gasteiger partial charge on any atom is -0.423 e. The van der Waals surface area contributed by atoms with Crippen LogP contribution >= 0.6 is 11.3 Å². The van der Waals surface area contributed by atoms with Crippen molar-refractivity contribution < 1.29 is 22.5 Å². The van der Waals surface area contributed by atoms with Gasteiger partial charge in [0.1, 0.15) is 22.2 Å². The van der Waals surface area contributed by atoms with Crippen molar-refractivity contribution in [1.82, 2.24) is 4.98 Å². The summed E-state index contributed by atoms with van der Waals surface area (Å²) in [6.45, 7) is 0. The summed E-state index contributed by atoms with van der Waals surface area (Å²) in [6.07, 6.45) is -3.41. The number of aromatic nitrogens is 1. The average Bonchev–Trinajstić information content (AvgIpc) is 3.28. The molecule has 0 fully saturated rings. The van der Waals surface area contributed by atoms with Gasteiger partial charge in [-0.3, -0.25) is 10.1 Å². The Morgan fingerprint density at radius 1 is 1.24 bits per heavy atom.